The lowest BCUT2D eigenvalue weighted by atomic mass is 10.3. The molecule has 1 aromatic rings. The second kappa shape index (κ2) is 9.23. The first-order valence-electron chi connectivity index (χ1n) is 6.32. The van der Waals surface area contributed by atoms with Crippen LogP contribution in [0.3, 0.4) is 0 Å². The fourth-order valence-corrected chi connectivity index (χ4v) is 1.16. The maximum atomic E-state index is 11.4. The average molecular weight is 333 g/mol. The zero-order valence-corrected chi connectivity index (χ0v) is 14.1. The first kappa shape index (κ1) is 20.2. The van der Waals surface area contributed by atoms with Crippen LogP contribution in [0.5, 0.6) is 5.75 Å². The SMILES string of the molecule is CCN(C)c1cccc(OC(=O)N(C)C)c1.CS(=O)(=O)O[O-]. The van der Waals surface area contributed by atoms with Crippen LogP contribution >= 0.6 is 0 Å². The lowest BCUT2D eigenvalue weighted by Crippen LogP contribution is -2.25. The van der Waals surface area contributed by atoms with Crippen LogP contribution in [-0.4, -0.2) is 53.4 Å². The maximum Gasteiger partial charge on any atom is 0.414 e. The van der Waals surface area contributed by atoms with Crippen LogP contribution in [-0.2, 0) is 14.5 Å². The van der Waals surface area contributed by atoms with Crippen molar-refractivity contribution in [2.24, 2.45) is 0 Å². The Bertz CT molecular complexity index is 574. The minimum atomic E-state index is -3.72. The number of ether oxygens (including phenoxy) is 1. The monoisotopic (exact) mass is 333 g/mol. The Morgan fingerprint density at radius 2 is 1.82 bits per heavy atom. The maximum absolute atomic E-state index is 11.4. The number of carbonyl (C=O) groups excluding carboxylic acids is 1. The van der Waals surface area contributed by atoms with Gasteiger partial charge in [0.05, 0.1) is 6.26 Å². The molecule has 0 aliphatic rings. The van der Waals surface area contributed by atoms with Crippen molar-refractivity contribution in [3.05, 3.63) is 24.3 Å². The Labute approximate surface area is 130 Å². The second-order valence-electron chi connectivity index (χ2n) is 4.55. The van der Waals surface area contributed by atoms with Gasteiger partial charge in [-0.2, -0.15) is 0 Å². The summed E-state index contributed by atoms with van der Waals surface area (Å²) in [5.41, 5.74) is 1.03. The number of hydrogen-bond donors (Lipinski definition) is 0. The standard InChI is InChI=1S/C12H18N2O2.CH4O4S/c1-5-14(4)10-7-6-8-11(9-10)16-12(15)13(2)3;1-6(3,4)5-2/h6-9H,5H2,1-4H3;2H,1H3/p-1. The lowest BCUT2D eigenvalue weighted by molar-refractivity contribution is -0.634. The molecule has 0 N–H and O–H groups in total. The summed E-state index contributed by atoms with van der Waals surface area (Å²) in [7, 11) is 1.59. The van der Waals surface area contributed by atoms with E-state index < -0.39 is 10.1 Å². The lowest BCUT2D eigenvalue weighted by Gasteiger charge is -2.18. The summed E-state index contributed by atoms with van der Waals surface area (Å²) in [6, 6.07) is 7.48. The minimum absolute atomic E-state index is 0.365. The number of anilines is 1. The third-order valence-electron chi connectivity index (χ3n) is 2.43. The van der Waals surface area contributed by atoms with Crippen molar-refractivity contribution in [2.75, 3.05) is 38.8 Å². The predicted molar refractivity (Wildman–Crippen MR) is 81.0 cm³/mol. The normalized spacial score (nSPS) is 10.3. The summed E-state index contributed by atoms with van der Waals surface area (Å²) in [5.74, 6) is 0.566. The van der Waals surface area contributed by atoms with E-state index in [1.165, 1.54) is 4.90 Å². The van der Waals surface area contributed by atoms with Gasteiger partial charge in [-0.1, -0.05) is 6.07 Å². The molecule has 0 aliphatic heterocycles. The second-order valence-corrected chi connectivity index (χ2v) is 6.09. The van der Waals surface area contributed by atoms with E-state index in [1.807, 2.05) is 25.2 Å². The van der Waals surface area contributed by atoms with Gasteiger partial charge in [0.1, 0.15) is 5.75 Å². The number of nitrogens with zero attached hydrogens (tertiary/aromatic N) is 2. The quantitative estimate of drug-likeness (QED) is 0.582. The van der Waals surface area contributed by atoms with E-state index in [0.29, 0.717) is 12.0 Å². The number of amides is 1. The van der Waals surface area contributed by atoms with E-state index in [-0.39, 0.29) is 6.09 Å². The summed E-state index contributed by atoms with van der Waals surface area (Å²) in [6.07, 6.45) is 0.316. The van der Waals surface area contributed by atoms with Crippen LogP contribution < -0.4 is 14.9 Å². The van der Waals surface area contributed by atoms with Gasteiger partial charge in [0.15, 0.2) is 0 Å². The molecule has 1 aromatic carbocycles. The van der Waals surface area contributed by atoms with Gasteiger partial charge < -0.3 is 24.1 Å². The molecule has 0 unspecified atom stereocenters. The molecular formula is C13H21N2O6S-. The molecule has 0 atom stereocenters. The Kier molecular flexibility index (Phi) is 8.46. The number of hydrogen-bond acceptors (Lipinski definition) is 7. The van der Waals surface area contributed by atoms with E-state index >= 15 is 0 Å². The molecule has 0 heterocycles. The third-order valence-corrected chi connectivity index (χ3v) is 2.67. The van der Waals surface area contributed by atoms with Crippen LogP contribution in [0.15, 0.2) is 24.3 Å². The van der Waals surface area contributed by atoms with Crippen molar-refractivity contribution in [3.8, 4) is 5.75 Å². The van der Waals surface area contributed by atoms with Gasteiger partial charge in [-0.15, -0.1) is 0 Å². The van der Waals surface area contributed by atoms with Crippen LogP contribution in [0.2, 0.25) is 0 Å². The fraction of sp³-hybridized carbons (Fsp3) is 0.462. The Balaban J connectivity index is 0.000000626. The van der Waals surface area contributed by atoms with Crippen LogP contribution in [0.1, 0.15) is 6.92 Å². The number of carbonyl (C=O) groups is 1. The molecular weight excluding hydrogens is 312 g/mol. The minimum Gasteiger partial charge on any atom is -0.707 e. The topological polar surface area (TPSA) is 99.2 Å². The van der Waals surface area contributed by atoms with Gasteiger partial charge in [-0.3, -0.25) is 0 Å². The van der Waals surface area contributed by atoms with Crippen molar-refractivity contribution in [1.29, 1.82) is 0 Å². The summed E-state index contributed by atoms with van der Waals surface area (Å²) in [5, 5.41) is 8.86. The molecule has 0 aliphatic carbocycles. The molecule has 0 aromatic heterocycles. The molecule has 8 nitrogen and oxygen atoms in total. The highest BCUT2D eigenvalue weighted by Gasteiger charge is 2.07. The Hall–Kier alpha value is -1.84. The van der Waals surface area contributed by atoms with E-state index in [1.54, 1.807) is 20.2 Å². The Morgan fingerprint density at radius 1 is 1.27 bits per heavy atom. The smallest absolute Gasteiger partial charge is 0.414 e. The van der Waals surface area contributed by atoms with E-state index in [2.05, 4.69) is 16.2 Å². The molecule has 0 bridgehead atoms. The average Bonchev–Trinajstić information content (AvgIpc) is 2.46. The van der Waals surface area contributed by atoms with Crippen molar-refractivity contribution < 1.29 is 27.5 Å². The van der Waals surface area contributed by atoms with Crippen LogP contribution in [0.4, 0.5) is 10.5 Å². The molecule has 1 rings (SSSR count). The molecule has 22 heavy (non-hydrogen) atoms. The molecule has 126 valence electrons. The molecule has 0 spiro atoms. The molecule has 0 saturated carbocycles. The number of rotatable bonds is 4. The summed E-state index contributed by atoms with van der Waals surface area (Å²) in [6.45, 7) is 2.98. The zero-order valence-electron chi connectivity index (χ0n) is 13.3. The molecule has 0 fully saturated rings. The van der Waals surface area contributed by atoms with E-state index in [0.717, 1.165) is 12.2 Å². The van der Waals surface area contributed by atoms with Crippen molar-refractivity contribution >= 4 is 21.9 Å². The van der Waals surface area contributed by atoms with Gasteiger partial charge in [-0.05, 0) is 19.1 Å². The van der Waals surface area contributed by atoms with Crippen LogP contribution in [0, 0.1) is 0 Å². The van der Waals surface area contributed by atoms with Crippen molar-refractivity contribution in [3.63, 3.8) is 0 Å². The predicted octanol–water partition coefficient (Wildman–Crippen LogP) is 0.441. The van der Waals surface area contributed by atoms with Gasteiger partial charge >= 0.3 is 6.09 Å². The largest absolute Gasteiger partial charge is 0.707 e. The van der Waals surface area contributed by atoms with Crippen LogP contribution in [0.25, 0.3) is 0 Å². The fourth-order valence-electron chi connectivity index (χ4n) is 1.16. The first-order valence-corrected chi connectivity index (χ1v) is 8.14. The van der Waals surface area contributed by atoms with E-state index in [4.69, 9.17) is 9.99 Å². The molecule has 9 heteroatoms. The van der Waals surface area contributed by atoms with Gasteiger partial charge in [0.2, 0.25) is 0 Å². The summed E-state index contributed by atoms with van der Waals surface area (Å²) < 4.78 is 26.8. The summed E-state index contributed by atoms with van der Waals surface area (Å²) >= 11 is 0. The van der Waals surface area contributed by atoms with Gasteiger partial charge in [0.25, 0.3) is 10.1 Å². The molecule has 0 saturated heterocycles. The third kappa shape index (κ3) is 8.45. The van der Waals surface area contributed by atoms with Crippen molar-refractivity contribution in [2.45, 2.75) is 6.92 Å². The first-order chi connectivity index (χ1) is 10.1. The van der Waals surface area contributed by atoms with Gasteiger partial charge in [0, 0.05) is 39.4 Å². The number of benzene rings is 1. The highest BCUT2D eigenvalue weighted by molar-refractivity contribution is 7.85. The highest BCUT2D eigenvalue weighted by Crippen LogP contribution is 2.20. The molecule has 0 radical (unpaired) electrons. The van der Waals surface area contributed by atoms with Crippen molar-refractivity contribution in [1.82, 2.24) is 4.90 Å². The van der Waals surface area contributed by atoms with Gasteiger partial charge in [-0.25, -0.2) is 13.2 Å². The zero-order chi connectivity index (χ0) is 17.3. The Morgan fingerprint density at radius 3 is 2.23 bits per heavy atom. The highest BCUT2D eigenvalue weighted by atomic mass is 32.2. The molecule has 1 amide bonds. The van der Waals surface area contributed by atoms with E-state index in [9.17, 15) is 13.2 Å². The summed E-state index contributed by atoms with van der Waals surface area (Å²) in [4.78, 5) is 14.8.